The maximum atomic E-state index is 12.8. The number of esters is 3. The smallest absolute Gasteiger partial charge is 0.306 e. The monoisotopic (exact) mass is 981 g/mol. The summed E-state index contributed by atoms with van der Waals surface area (Å²) in [5.74, 6) is -1.01. The Bertz CT molecular complexity index is 1550. The highest BCUT2D eigenvalue weighted by atomic mass is 16.6. The van der Waals surface area contributed by atoms with E-state index in [9.17, 15) is 14.4 Å². The van der Waals surface area contributed by atoms with Crippen molar-refractivity contribution in [2.24, 2.45) is 0 Å². The average Bonchev–Trinajstić information content (AvgIpc) is 3.37. The van der Waals surface area contributed by atoms with Crippen LogP contribution in [0.4, 0.5) is 0 Å². The van der Waals surface area contributed by atoms with E-state index in [0.29, 0.717) is 19.3 Å². The van der Waals surface area contributed by atoms with Crippen LogP contribution in [-0.4, -0.2) is 37.2 Å². The van der Waals surface area contributed by atoms with Gasteiger partial charge in [-0.1, -0.05) is 251 Å². The van der Waals surface area contributed by atoms with Crippen LogP contribution in [0.3, 0.4) is 0 Å². The molecule has 0 aromatic carbocycles. The van der Waals surface area contributed by atoms with Gasteiger partial charge in [0.1, 0.15) is 13.2 Å². The summed E-state index contributed by atoms with van der Waals surface area (Å²) in [6.45, 7) is 6.31. The van der Waals surface area contributed by atoms with Gasteiger partial charge in [0, 0.05) is 19.3 Å². The van der Waals surface area contributed by atoms with Crippen molar-refractivity contribution in [2.75, 3.05) is 13.2 Å². The van der Waals surface area contributed by atoms with E-state index in [2.05, 4.69) is 142 Å². The van der Waals surface area contributed by atoms with Gasteiger partial charge in [-0.05, 0) is 103 Å². The van der Waals surface area contributed by atoms with Gasteiger partial charge in [0.05, 0.1) is 0 Å². The second-order valence-corrected chi connectivity index (χ2v) is 18.4. The SMILES string of the molecule is CC/C=C\C/C=C\C/C=C\C/C=C\C/C=C\C/C=C\CCC(=O)OC(COC(=O)CCCCCCCCCCC)COC(=O)CCCCCCCCCCC/C=C\C/C=C\C/C=C\C/C=C\C/C=C\CC. The molecule has 0 aliphatic carbocycles. The third-order valence-corrected chi connectivity index (χ3v) is 11.7. The number of unbranched alkanes of at least 4 members (excludes halogenated alkanes) is 17. The number of carbonyl (C=O) groups is 3. The first-order valence-electron chi connectivity index (χ1n) is 28.7. The Hall–Kier alpha value is -4.45. The number of rotatable bonds is 50. The maximum absolute atomic E-state index is 12.8. The minimum absolute atomic E-state index is 0.113. The molecule has 0 N–H and O–H groups in total. The Morgan fingerprint density at radius 1 is 0.296 bits per heavy atom. The molecular weight excluding hydrogens is 877 g/mol. The maximum Gasteiger partial charge on any atom is 0.306 e. The fourth-order valence-electron chi connectivity index (χ4n) is 7.44. The first kappa shape index (κ1) is 66.6. The molecule has 0 amide bonds. The largest absolute Gasteiger partial charge is 0.462 e. The van der Waals surface area contributed by atoms with Gasteiger partial charge in [-0.15, -0.1) is 0 Å². The molecule has 1 unspecified atom stereocenters. The predicted molar refractivity (Wildman–Crippen MR) is 306 cm³/mol. The van der Waals surface area contributed by atoms with Crippen LogP contribution in [0, 0.1) is 0 Å². The van der Waals surface area contributed by atoms with Crippen molar-refractivity contribution in [1.29, 1.82) is 0 Å². The fourth-order valence-corrected chi connectivity index (χ4v) is 7.44. The van der Waals surface area contributed by atoms with Crippen LogP contribution < -0.4 is 0 Å². The molecule has 6 nitrogen and oxygen atoms in total. The Balaban J connectivity index is 4.39. The summed E-state index contributed by atoms with van der Waals surface area (Å²) in [7, 11) is 0. The van der Waals surface area contributed by atoms with Crippen LogP contribution in [0.2, 0.25) is 0 Å². The van der Waals surface area contributed by atoms with Gasteiger partial charge in [-0.25, -0.2) is 0 Å². The van der Waals surface area contributed by atoms with Crippen molar-refractivity contribution < 1.29 is 28.6 Å². The van der Waals surface area contributed by atoms with Gasteiger partial charge >= 0.3 is 17.9 Å². The molecule has 0 saturated heterocycles. The van der Waals surface area contributed by atoms with E-state index >= 15 is 0 Å². The van der Waals surface area contributed by atoms with Gasteiger partial charge in [-0.2, -0.15) is 0 Å². The second-order valence-electron chi connectivity index (χ2n) is 18.4. The quantitative estimate of drug-likeness (QED) is 0.0262. The molecule has 0 radical (unpaired) electrons. The number of hydrogen-bond donors (Lipinski definition) is 0. The molecule has 0 fully saturated rings. The molecule has 0 aromatic rings. The Kier molecular flexibility index (Phi) is 54.5. The molecule has 0 saturated carbocycles. The summed E-state index contributed by atoms with van der Waals surface area (Å²) in [6.07, 6.45) is 81.8. The zero-order valence-corrected chi connectivity index (χ0v) is 45.7. The van der Waals surface area contributed by atoms with E-state index in [1.807, 2.05) is 12.2 Å². The highest BCUT2D eigenvalue weighted by molar-refractivity contribution is 5.71. The van der Waals surface area contributed by atoms with Crippen molar-refractivity contribution in [3.05, 3.63) is 134 Å². The van der Waals surface area contributed by atoms with Crippen LogP contribution in [-0.2, 0) is 28.6 Å². The minimum Gasteiger partial charge on any atom is -0.462 e. The van der Waals surface area contributed by atoms with Gasteiger partial charge in [0.2, 0.25) is 0 Å². The van der Waals surface area contributed by atoms with Gasteiger partial charge in [0.25, 0.3) is 0 Å². The Labute approximate surface area is 436 Å². The first-order valence-corrected chi connectivity index (χ1v) is 28.7. The summed E-state index contributed by atoms with van der Waals surface area (Å²) in [5.41, 5.74) is 0. The molecule has 400 valence electrons. The van der Waals surface area contributed by atoms with E-state index < -0.39 is 12.1 Å². The molecule has 1 atom stereocenters. The lowest BCUT2D eigenvalue weighted by atomic mass is 10.1. The zero-order chi connectivity index (χ0) is 51.4. The lowest BCUT2D eigenvalue weighted by Gasteiger charge is -2.18. The predicted octanol–water partition coefficient (Wildman–Crippen LogP) is 19.4. The number of allylic oxidation sites excluding steroid dienone is 22. The second kappa shape index (κ2) is 58.1. The lowest BCUT2D eigenvalue weighted by molar-refractivity contribution is -0.166. The van der Waals surface area contributed by atoms with Crippen LogP contribution >= 0.6 is 0 Å². The number of ether oxygens (including phenoxy) is 3. The van der Waals surface area contributed by atoms with Crippen molar-refractivity contribution in [1.82, 2.24) is 0 Å². The van der Waals surface area contributed by atoms with Crippen LogP contribution in [0.25, 0.3) is 0 Å². The van der Waals surface area contributed by atoms with E-state index in [1.54, 1.807) is 0 Å². The molecule has 6 heteroatoms. The molecule has 71 heavy (non-hydrogen) atoms. The molecule has 0 rings (SSSR count). The average molecular weight is 982 g/mol. The van der Waals surface area contributed by atoms with Crippen LogP contribution in [0.5, 0.6) is 0 Å². The summed E-state index contributed by atoms with van der Waals surface area (Å²) in [6, 6.07) is 0. The molecule has 0 aromatic heterocycles. The minimum atomic E-state index is -0.823. The van der Waals surface area contributed by atoms with Crippen molar-refractivity contribution in [3.8, 4) is 0 Å². The highest BCUT2D eigenvalue weighted by Gasteiger charge is 2.19. The molecule has 0 bridgehead atoms. The topological polar surface area (TPSA) is 78.9 Å². The highest BCUT2D eigenvalue weighted by Crippen LogP contribution is 2.14. The van der Waals surface area contributed by atoms with Crippen LogP contribution in [0.15, 0.2) is 134 Å². The molecule has 0 aliphatic rings. The summed E-state index contributed by atoms with van der Waals surface area (Å²) >= 11 is 0. The Morgan fingerprint density at radius 3 is 0.915 bits per heavy atom. The lowest BCUT2D eigenvalue weighted by Crippen LogP contribution is -2.30. The third-order valence-electron chi connectivity index (χ3n) is 11.7. The third kappa shape index (κ3) is 56.3. The Morgan fingerprint density at radius 2 is 0.577 bits per heavy atom. The van der Waals surface area contributed by atoms with Gasteiger partial charge < -0.3 is 14.2 Å². The van der Waals surface area contributed by atoms with Crippen molar-refractivity contribution in [2.45, 2.75) is 245 Å². The van der Waals surface area contributed by atoms with E-state index in [4.69, 9.17) is 14.2 Å². The van der Waals surface area contributed by atoms with Gasteiger partial charge in [-0.3, -0.25) is 14.4 Å². The molecule has 0 spiro atoms. The molecule has 0 heterocycles. The van der Waals surface area contributed by atoms with E-state index in [1.165, 1.54) is 77.0 Å². The number of hydrogen-bond acceptors (Lipinski definition) is 6. The number of carbonyl (C=O) groups excluding carboxylic acids is 3. The summed E-state index contributed by atoms with van der Waals surface area (Å²) in [4.78, 5) is 38.0. The molecular formula is C65H104O6. The summed E-state index contributed by atoms with van der Waals surface area (Å²) in [5, 5.41) is 0. The fraction of sp³-hybridized carbons (Fsp3) is 0.615. The van der Waals surface area contributed by atoms with Crippen molar-refractivity contribution in [3.63, 3.8) is 0 Å². The van der Waals surface area contributed by atoms with E-state index in [-0.39, 0.29) is 31.6 Å². The first-order chi connectivity index (χ1) is 35.0. The molecule has 0 aliphatic heterocycles. The van der Waals surface area contributed by atoms with Crippen molar-refractivity contribution >= 4 is 17.9 Å². The normalized spacial score (nSPS) is 13.1. The van der Waals surface area contributed by atoms with E-state index in [0.717, 1.165) is 116 Å². The zero-order valence-electron chi connectivity index (χ0n) is 45.7. The van der Waals surface area contributed by atoms with Gasteiger partial charge in [0.15, 0.2) is 6.10 Å². The standard InChI is InChI=1S/C65H104O6/c1-4-7-10-13-16-19-21-23-25-27-29-30-31-32-33-34-36-37-39-41-43-46-49-52-55-58-64(67)70-61-62(60-69-63(66)57-54-51-48-45-18-15-12-9-6-3)71-65(68)59-56-53-50-47-44-42-40-38-35-28-26-24-22-20-17-14-11-8-5-2/h7-8,10-11,16-17,19-20,23-26,29-30,32-33,35,38,42,44,50,53,62H,4-6,9,12-15,18,21-22,27-28,31,34,36-37,39-41,43,45-49,51-52,54-61H2,1-3H3/b10-7-,11-8-,19-16-,20-17-,25-23-,26-24-,30-29-,33-32-,38-35-,44-42-,53-50-. The van der Waals surface area contributed by atoms with Crippen LogP contribution in [0.1, 0.15) is 239 Å². The summed E-state index contributed by atoms with van der Waals surface area (Å²) < 4.78 is 16.7.